The molecule has 0 aliphatic carbocycles. The number of piperazine rings is 1. The van der Waals surface area contributed by atoms with Crippen molar-refractivity contribution in [2.24, 2.45) is 0 Å². The van der Waals surface area contributed by atoms with E-state index in [1.54, 1.807) is 11.1 Å². The largest absolute Gasteiger partial charge is 0.444 e. The molecule has 1 aromatic rings. The fourth-order valence-corrected chi connectivity index (χ4v) is 2.18. The van der Waals surface area contributed by atoms with Crippen LogP contribution >= 0.6 is 0 Å². The van der Waals surface area contributed by atoms with Gasteiger partial charge >= 0.3 is 0 Å². The monoisotopic (exact) mass is 281 g/mol. The van der Waals surface area contributed by atoms with Crippen LogP contribution in [0.15, 0.2) is 10.6 Å². The van der Waals surface area contributed by atoms with Gasteiger partial charge in [0.25, 0.3) is 0 Å². The van der Waals surface area contributed by atoms with E-state index in [4.69, 9.17) is 9.52 Å². The van der Waals surface area contributed by atoms with E-state index in [9.17, 15) is 4.79 Å². The van der Waals surface area contributed by atoms with Gasteiger partial charge in [-0.05, 0) is 0 Å². The smallest absolute Gasteiger partial charge is 0.248 e. The number of aliphatic hydroxyl groups excluding tert-OH is 1. The molecule has 0 spiro atoms. The molecule has 0 bridgehead atoms. The molecule has 20 heavy (non-hydrogen) atoms. The second kappa shape index (κ2) is 5.93. The molecule has 1 aromatic heterocycles. The molecule has 2 heterocycles. The Labute approximate surface area is 119 Å². The van der Waals surface area contributed by atoms with Gasteiger partial charge in [-0.3, -0.25) is 9.69 Å². The van der Waals surface area contributed by atoms with Gasteiger partial charge in [-0.1, -0.05) is 20.8 Å². The Hall–Kier alpha value is -1.40. The molecule has 2 rings (SSSR count). The average Bonchev–Trinajstić information content (AvgIpc) is 2.87. The van der Waals surface area contributed by atoms with Crippen LogP contribution in [0.25, 0.3) is 0 Å². The van der Waals surface area contributed by atoms with Crippen molar-refractivity contribution in [2.75, 3.05) is 32.8 Å². The summed E-state index contributed by atoms with van der Waals surface area (Å²) in [6.07, 6.45) is 1.79. The third kappa shape index (κ3) is 3.58. The van der Waals surface area contributed by atoms with Gasteiger partial charge in [-0.15, -0.1) is 0 Å². The Morgan fingerprint density at radius 2 is 2.00 bits per heavy atom. The first-order valence-corrected chi connectivity index (χ1v) is 6.96. The standard InChI is InChI=1S/C14H23N3O3/c1-14(2,3)11-8-15-12(20-11)9-16-4-6-17(7-5-16)13(19)10-18/h8,18H,4-7,9-10H2,1-3H3. The maximum Gasteiger partial charge on any atom is 0.248 e. The van der Waals surface area contributed by atoms with Gasteiger partial charge in [0, 0.05) is 31.6 Å². The molecule has 1 saturated heterocycles. The Morgan fingerprint density at radius 3 is 2.50 bits per heavy atom. The van der Waals surface area contributed by atoms with Gasteiger partial charge in [0.05, 0.1) is 12.7 Å². The van der Waals surface area contributed by atoms with Crippen LogP contribution in [0, 0.1) is 0 Å². The molecule has 1 N–H and O–H groups in total. The zero-order valence-corrected chi connectivity index (χ0v) is 12.4. The van der Waals surface area contributed by atoms with Crippen LogP contribution in [-0.2, 0) is 16.8 Å². The highest BCUT2D eigenvalue weighted by Gasteiger charge is 2.23. The van der Waals surface area contributed by atoms with Gasteiger partial charge in [-0.25, -0.2) is 4.98 Å². The van der Waals surface area contributed by atoms with Crippen molar-refractivity contribution < 1.29 is 14.3 Å². The molecule has 0 atom stereocenters. The molecule has 1 aliphatic heterocycles. The molecule has 0 saturated carbocycles. The normalized spacial score (nSPS) is 17.5. The first kappa shape index (κ1) is 15.0. The lowest BCUT2D eigenvalue weighted by atomic mass is 9.94. The molecule has 6 heteroatoms. The van der Waals surface area contributed by atoms with Crippen LogP contribution in [0.4, 0.5) is 0 Å². The minimum atomic E-state index is -0.408. The van der Waals surface area contributed by atoms with Crippen molar-refractivity contribution in [3.05, 3.63) is 17.8 Å². The molecular formula is C14H23N3O3. The van der Waals surface area contributed by atoms with E-state index < -0.39 is 6.61 Å². The minimum Gasteiger partial charge on any atom is -0.444 e. The topological polar surface area (TPSA) is 69.8 Å². The quantitative estimate of drug-likeness (QED) is 0.879. The van der Waals surface area contributed by atoms with Gasteiger partial charge < -0.3 is 14.4 Å². The highest BCUT2D eigenvalue weighted by molar-refractivity contribution is 5.77. The van der Waals surface area contributed by atoms with Gasteiger partial charge in [-0.2, -0.15) is 0 Å². The highest BCUT2D eigenvalue weighted by atomic mass is 16.4. The third-order valence-corrected chi connectivity index (χ3v) is 3.51. The number of carbonyl (C=O) groups excluding carboxylic acids is 1. The fourth-order valence-electron chi connectivity index (χ4n) is 2.18. The van der Waals surface area contributed by atoms with Crippen LogP contribution in [0.3, 0.4) is 0 Å². The number of amides is 1. The molecule has 0 aromatic carbocycles. The first-order chi connectivity index (χ1) is 9.40. The van der Waals surface area contributed by atoms with Gasteiger partial charge in [0.2, 0.25) is 11.8 Å². The number of aromatic nitrogens is 1. The summed E-state index contributed by atoms with van der Waals surface area (Å²) in [5, 5.41) is 8.84. The van der Waals surface area contributed by atoms with Crippen LogP contribution in [-0.4, -0.2) is 58.6 Å². The number of rotatable bonds is 3. The second-order valence-corrected chi connectivity index (χ2v) is 6.18. The zero-order valence-electron chi connectivity index (χ0n) is 12.4. The van der Waals surface area contributed by atoms with Crippen LogP contribution in [0.1, 0.15) is 32.4 Å². The van der Waals surface area contributed by atoms with E-state index in [2.05, 4.69) is 30.7 Å². The Morgan fingerprint density at radius 1 is 1.35 bits per heavy atom. The maximum atomic E-state index is 11.4. The van der Waals surface area contributed by atoms with E-state index in [1.165, 1.54) is 0 Å². The summed E-state index contributed by atoms with van der Waals surface area (Å²) >= 11 is 0. The van der Waals surface area contributed by atoms with Crippen molar-refractivity contribution >= 4 is 5.91 Å². The summed E-state index contributed by atoms with van der Waals surface area (Å²) in [6, 6.07) is 0. The summed E-state index contributed by atoms with van der Waals surface area (Å²) < 4.78 is 5.77. The highest BCUT2D eigenvalue weighted by Crippen LogP contribution is 2.23. The SMILES string of the molecule is CC(C)(C)c1cnc(CN2CCN(C(=O)CO)CC2)o1. The van der Waals surface area contributed by atoms with E-state index in [0.717, 1.165) is 24.7 Å². The lowest BCUT2D eigenvalue weighted by Crippen LogP contribution is -2.49. The van der Waals surface area contributed by atoms with E-state index in [1.807, 2.05) is 0 Å². The Bertz CT molecular complexity index is 456. The summed E-state index contributed by atoms with van der Waals surface area (Å²) in [4.78, 5) is 19.6. The minimum absolute atomic E-state index is 0.0303. The molecule has 0 radical (unpaired) electrons. The van der Waals surface area contributed by atoms with Crippen LogP contribution < -0.4 is 0 Å². The third-order valence-electron chi connectivity index (χ3n) is 3.51. The number of nitrogens with zero attached hydrogens (tertiary/aromatic N) is 3. The van der Waals surface area contributed by atoms with Crippen molar-refractivity contribution in [1.29, 1.82) is 0 Å². The summed E-state index contributed by atoms with van der Waals surface area (Å²) in [5.74, 6) is 1.41. The number of aliphatic hydroxyl groups is 1. The van der Waals surface area contributed by atoms with Crippen LogP contribution in [0.5, 0.6) is 0 Å². The lowest BCUT2D eigenvalue weighted by Gasteiger charge is -2.33. The fraction of sp³-hybridized carbons (Fsp3) is 0.714. The molecule has 0 unspecified atom stereocenters. The number of carbonyl (C=O) groups is 1. The Kier molecular flexibility index (Phi) is 4.45. The van der Waals surface area contributed by atoms with E-state index >= 15 is 0 Å². The molecule has 1 aliphatic rings. The molecule has 112 valence electrons. The molecule has 1 fully saturated rings. The first-order valence-electron chi connectivity index (χ1n) is 6.96. The predicted octanol–water partition coefficient (Wildman–Crippen LogP) is 0.609. The zero-order chi connectivity index (χ0) is 14.8. The predicted molar refractivity (Wildman–Crippen MR) is 74.1 cm³/mol. The van der Waals surface area contributed by atoms with Crippen LogP contribution in [0.2, 0.25) is 0 Å². The van der Waals surface area contributed by atoms with Gasteiger partial charge in [0.15, 0.2) is 0 Å². The number of hydrogen-bond donors (Lipinski definition) is 1. The lowest BCUT2D eigenvalue weighted by molar-refractivity contribution is -0.136. The Balaban J connectivity index is 1.87. The maximum absolute atomic E-state index is 11.4. The summed E-state index contributed by atoms with van der Waals surface area (Å²) in [5.41, 5.74) is -0.0303. The van der Waals surface area contributed by atoms with Crippen molar-refractivity contribution in [3.8, 4) is 0 Å². The molecular weight excluding hydrogens is 258 g/mol. The van der Waals surface area contributed by atoms with Gasteiger partial charge in [0.1, 0.15) is 12.4 Å². The molecule has 6 nitrogen and oxygen atoms in total. The van der Waals surface area contributed by atoms with Crippen molar-refractivity contribution in [1.82, 2.24) is 14.8 Å². The average molecular weight is 281 g/mol. The second-order valence-electron chi connectivity index (χ2n) is 6.18. The summed E-state index contributed by atoms with van der Waals surface area (Å²) in [7, 11) is 0. The van der Waals surface area contributed by atoms with Crippen molar-refractivity contribution in [3.63, 3.8) is 0 Å². The number of oxazole rings is 1. The number of hydrogen-bond acceptors (Lipinski definition) is 5. The van der Waals surface area contributed by atoms with E-state index in [0.29, 0.717) is 19.6 Å². The van der Waals surface area contributed by atoms with E-state index in [-0.39, 0.29) is 11.3 Å². The summed E-state index contributed by atoms with van der Waals surface area (Å²) in [6.45, 7) is 9.38. The van der Waals surface area contributed by atoms with Crippen molar-refractivity contribution in [2.45, 2.75) is 32.7 Å². The molecule has 1 amide bonds.